The number of nitrogens with zero attached hydrogens (tertiary/aromatic N) is 5. The van der Waals surface area contributed by atoms with Crippen molar-refractivity contribution < 1.29 is 0 Å². The van der Waals surface area contributed by atoms with Crippen LogP contribution in [0.25, 0.3) is 0 Å². The maximum atomic E-state index is 4.78. The molecule has 0 saturated carbocycles. The summed E-state index contributed by atoms with van der Waals surface area (Å²) < 4.78 is 2.22. The highest BCUT2D eigenvalue weighted by Crippen LogP contribution is 2.36. The summed E-state index contributed by atoms with van der Waals surface area (Å²) in [5.74, 6) is 3.53. The number of thiophene rings is 1. The summed E-state index contributed by atoms with van der Waals surface area (Å²) in [7, 11) is 2.25. The molecule has 2 aliphatic rings. The molecule has 2 aromatic heterocycles. The number of hydrogen-bond acceptors (Lipinski definition) is 5. The second kappa shape index (κ2) is 10.7. The average molecular weight is 529 g/mol. The third kappa shape index (κ3) is 5.29. The van der Waals surface area contributed by atoms with Gasteiger partial charge in [0.05, 0.1) is 0 Å². The van der Waals surface area contributed by atoms with Crippen LogP contribution < -0.4 is 10.6 Å². The fraction of sp³-hybridized carbons (Fsp3) is 0.650. The SMILES string of the molecule is CCNC(=NCc1nnc2n1CCC2)NCC1CCCN(C)C1c1cccs1.I. The van der Waals surface area contributed by atoms with E-state index in [9.17, 15) is 0 Å². The lowest BCUT2D eigenvalue weighted by atomic mass is 9.88. The number of hydrogen-bond donors (Lipinski definition) is 2. The number of rotatable bonds is 6. The first kappa shape index (κ1) is 22.5. The van der Waals surface area contributed by atoms with E-state index < -0.39 is 0 Å². The Bertz CT molecular complexity index is 789. The summed E-state index contributed by atoms with van der Waals surface area (Å²) >= 11 is 1.87. The van der Waals surface area contributed by atoms with Crippen molar-refractivity contribution in [1.82, 2.24) is 30.3 Å². The van der Waals surface area contributed by atoms with Gasteiger partial charge in [0.1, 0.15) is 12.4 Å². The summed E-state index contributed by atoms with van der Waals surface area (Å²) in [5, 5.41) is 17.8. The summed E-state index contributed by atoms with van der Waals surface area (Å²) in [6, 6.07) is 4.93. The summed E-state index contributed by atoms with van der Waals surface area (Å²) in [4.78, 5) is 8.76. The van der Waals surface area contributed by atoms with Gasteiger partial charge in [-0.25, -0.2) is 4.99 Å². The zero-order valence-corrected chi connectivity index (χ0v) is 20.5. The number of likely N-dealkylation sites (tertiary alicyclic amines) is 1. The molecule has 2 aromatic rings. The molecule has 2 N–H and O–H groups in total. The fourth-order valence-corrected chi connectivity index (χ4v) is 5.41. The first-order chi connectivity index (χ1) is 13.8. The van der Waals surface area contributed by atoms with Crippen molar-refractivity contribution in [2.45, 2.75) is 51.7 Å². The van der Waals surface area contributed by atoms with Gasteiger partial charge in [0.15, 0.2) is 11.8 Å². The highest BCUT2D eigenvalue weighted by molar-refractivity contribution is 14.0. The molecule has 7 nitrogen and oxygen atoms in total. The number of aliphatic imine (C=N–C) groups is 1. The molecule has 0 bridgehead atoms. The lowest BCUT2D eigenvalue weighted by Crippen LogP contribution is -2.44. The highest BCUT2D eigenvalue weighted by atomic mass is 127. The number of piperidine rings is 1. The molecule has 160 valence electrons. The smallest absolute Gasteiger partial charge is 0.191 e. The minimum absolute atomic E-state index is 0. The van der Waals surface area contributed by atoms with Crippen LogP contribution in [-0.4, -0.2) is 52.3 Å². The zero-order valence-electron chi connectivity index (χ0n) is 17.3. The maximum absolute atomic E-state index is 4.78. The van der Waals surface area contributed by atoms with E-state index in [1.807, 2.05) is 11.3 Å². The normalized spacial score (nSPS) is 22.2. The van der Waals surface area contributed by atoms with Gasteiger partial charge in [-0.05, 0) is 57.1 Å². The second-order valence-electron chi connectivity index (χ2n) is 7.71. The van der Waals surface area contributed by atoms with Crippen LogP contribution in [0.5, 0.6) is 0 Å². The minimum atomic E-state index is 0. The second-order valence-corrected chi connectivity index (χ2v) is 8.69. The van der Waals surface area contributed by atoms with Crippen molar-refractivity contribution in [2.75, 3.05) is 26.7 Å². The number of fused-ring (bicyclic) bond motifs is 1. The van der Waals surface area contributed by atoms with E-state index in [2.05, 4.69) is 61.8 Å². The van der Waals surface area contributed by atoms with Gasteiger partial charge in [0.25, 0.3) is 0 Å². The molecule has 2 aliphatic heterocycles. The Labute approximate surface area is 194 Å². The standard InChI is InChI=1S/C20H31N7S.HI/c1-3-21-20(23-14-18-25-24-17-9-5-11-27(17)18)22-13-15-7-4-10-26(2)19(15)16-8-6-12-28-16;/h6,8,12,15,19H,3-5,7,9-11,13-14H2,1-2H3,(H2,21,22,23);1H. The zero-order chi connectivity index (χ0) is 19.3. The van der Waals surface area contributed by atoms with Gasteiger partial charge in [-0.15, -0.1) is 45.5 Å². The van der Waals surface area contributed by atoms with Crippen molar-refractivity contribution in [2.24, 2.45) is 10.9 Å². The van der Waals surface area contributed by atoms with Gasteiger partial charge >= 0.3 is 0 Å². The van der Waals surface area contributed by atoms with Gasteiger partial charge in [0.2, 0.25) is 0 Å². The van der Waals surface area contributed by atoms with Crippen molar-refractivity contribution in [3.05, 3.63) is 34.0 Å². The Hall–Kier alpha value is -1.20. The van der Waals surface area contributed by atoms with E-state index >= 15 is 0 Å². The van der Waals surface area contributed by atoms with Gasteiger partial charge < -0.3 is 15.2 Å². The summed E-state index contributed by atoms with van der Waals surface area (Å²) in [6.07, 6.45) is 4.70. The first-order valence-corrected chi connectivity index (χ1v) is 11.3. The Balaban J connectivity index is 0.00000240. The van der Waals surface area contributed by atoms with Crippen LogP contribution in [0.1, 0.15) is 48.8 Å². The minimum Gasteiger partial charge on any atom is -0.357 e. The molecule has 29 heavy (non-hydrogen) atoms. The molecular formula is C20H32IN7S. The van der Waals surface area contributed by atoms with E-state index in [4.69, 9.17) is 4.99 Å². The molecule has 2 atom stereocenters. The summed E-state index contributed by atoms with van der Waals surface area (Å²) in [6.45, 7) is 6.65. The number of halogens is 1. The number of nitrogens with one attached hydrogen (secondary N) is 2. The van der Waals surface area contributed by atoms with Crippen LogP contribution in [0.4, 0.5) is 0 Å². The molecule has 0 aromatic carbocycles. The van der Waals surface area contributed by atoms with Gasteiger partial charge in [0, 0.05) is 37.0 Å². The Morgan fingerprint density at radius 2 is 2.17 bits per heavy atom. The van der Waals surface area contributed by atoms with Crippen LogP contribution in [0.2, 0.25) is 0 Å². The maximum Gasteiger partial charge on any atom is 0.191 e. The van der Waals surface area contributed by atoms with Crippen LogP contribution in [0.3, 0.4) is 0 Å². The van der Waals surface area contributed by atoms with Crippen LogP contribution in [0, 0.1) is 5.92 Å². The predicted molar refractivity (Wildman–Crippen MR) is 129 cm³/mol. The Morgan fingerprint density at radius 3 is 2.97 bits per heavy atom. The van der Waals surface area contributed by atoms with Gasteiger partial charge in [-0.1, -0.05) is 6.07 Å². The van der Waals surface area contributed by atoms with E-state index in [0.29, 0.717) is 18.5 Å². The van der Waals surface area contributed by atoms with Crippen molar-refractivity contribution >= 4 is 41.3 Å². The van der Waals surface area contributed by atoms with E-state index in [1.54, 1.807) is 0 Å². The van der Waals surface area contributed by atoms with E-state index in [0.717, 1.165) is 43.7 Å². The number of aromatic nitrogens is 3. The Morgan fingerprint density at radius 1 is 1.28 bits per heavy atom. The molecule has 0 aliphatic carbocycles. The first-order valence-electron chi connectivity index (χ1n) is 10.4. The lowest BCUT2D eigenvalue weighted by molar-refractivity contribution is 0.125. The molecule has 1 fully saturated rings. The van der Waals surface area contributed by atoms with Crippen molar-refractivity contribution in [3.63, 3.8) is 0 Å². The fourth-order valence-electron chi connectivity index (χ4n) is 4.43. The molecule has 0 spiro atoms. The number of guanidine groups is 1. The molecule has 1 saturated heterocycles. The highest BCUT2D eigenvalue weighted by Gasteiger charge is 2.31. The molecule has 2 unspecified atom stereocenters. The molecule has 9 heteroatoms. The largest absolute Gasteiger partial charge is 0.357 e. The molecule has 4 heterocycles. The van der Waals surface area contributed by atoms with Gasteiger partial charge in [-0.2, -0.15) is 0 Å². The van der Waals surface area contributed by atoms with Crippen LogP contribution in [-0.2, 0) is 19.5 Å². The predicted octanol–water partition coefficient (Wildman–Crippen LogP) is 3.04. The van der Waals surface area contributed by atoms with Crippen molar-refractivity contribution in [3.8, 4) is 0 Å². The molecular weight excluding hydrogens is 497 g/mol. The molecule has 4 rings (SSSR count). The Kier molecular flexibility index (Phi) is 8.31. The third-order valence-electron chi connectivity index (χ3n) is 5.78. The summed E-state index contributed by atoms with van der Waals surface area (Å²) in [5.41, 5.74) is 0. The lowest BCUT2D eigenvalue weighted by Gasteiger charge is -2.39. The third-order valence-corrected chi connectivity index (χ3v) is 6.73. The molecule has 0 amide bonds. The average Bonchev–Trinajstić information content (AvgIpc) is 3.42. The number of aryl methyl sites for hydroxylation is 1. The molecule has 0 radical (unpaired) electrons. The van der Waals surface area contributed by atoms with Crippen LogP contribution >= 0.6 is 35.3 Å². The van der Waals surface area contributed by atoms with E-state index in [-0.39, 0.29) is 24.0 Å². The van der Waals surface area contributed by atoms with E-state index in [1.165, 1.54) is 30.7 Å². The van der Waals surface area contributed by atoms with Gasteiger partial charge in [-0.3, -0.25) is 4.90 Å². The monoisotopic (exact) mass is 529 g/mol. The van der Waals surface area contributed by atoms with Crippen LogP contribution in [0.15, 0.2) is 22.5 Å². The quantitative estimate of drug-likeness (QED) is 0.342. The topological polar surface area (TPSA) is 70.4 Å². The van der Waals surface area contributed by atoms with Crippen molar-refractivity contribution in [1.29, 1.82) is 0 Å².